The Labute approximate surface area is 95.2 Å². The summed E-state index contributed by atoms with van der Waals surface area (Å²) in [6.45, 7) is 2.12. The van der Waals surface area contributed by atoms with Crippen molar-refractivity contribution in [1.29, 1.82) is 0 Å². The molecule has 0 amide bonds. The van der Waals surface area contributed by atoms with Gasteiger partial charge in [0.05, 0.1) is 4.47 Å². The molecule has 0 saturated heterocycles. The van der Waals surface area contributed by atoms with Gasteiger partial charge in [-0.2, -0.15) is 0 Å². The molecular weight excluding hydrogens is 268 g/mol. The third kappa shape index (κ3) is 2.46. The van der Waals surface area contributed by atoms with Gasteiger partial charge < -0.3 is 10.8 Å². The largest absolute Gasteiger partial charge is 0.507 e. The van der Waals surface area contributed by atoms with Crippen LogP contribution < -0.4 is 5.73 Å². The standard InChI is InChI=1S/C10H12BrF2NO/c1-5(2-3-14)8-7(15)4-6(12)9(11)10(8)13/h4-5,15H,2-3,14H2,1H3. The van der Waals surface area contributed by atoms with Crippen LogP contribution in [0.3, 0.4) is 0 Å². The number of phenols is 1. The molecule has 0 aliphatic carbocycles. The van der Waals surface area contributed by atoms with Crippen molar-refractivity contribution in [1.82, 2.24) is 0 Å². The molecule has 1 unspecified atom stereocenters. The number of hydrogen-bond acceptors (Lipinski definition) is 2. The summed E-state index contributed by atoms with van der Waals surface area (Å²) in [5, 5.41) is 9.45. The van der Waals surface area contributed by atoms with Gasteiger partial charge in [-0.1, -0.05) is 6.92 Å². The maximum Gasteiger partial charge on any atom is 0.147 e. The van der Waals surface area contributed by atoms with Crippen molar-refractivity contribution in [2.45, 2.75) is 19.3 Å². The monoisotopic (exact) mass is 279 g/mol. The second kappa shape index (κ2) is 4.90. The van der Waals surface area contributed by atoms with E-state index in [1.165, 1.54) is 0 Å². The Kier molecular flexibility index (Phi) is 4.04. The van der Waals surface area contributed by atoms with Crippen molar-refractivity contribution in [2.24, 2.45) is 5.73 Å². The fourth-order valence-electron chi connectivity index (χ4n) is 1.46. The zero-order valence-electron chi connectivity index (χ0n) is 8.23. The van der Waals surface area contributed by atoms with E-state index in [0.717, 1.165) is 6.07 Å². The highest BCUT2D eigenvalue weighted by atomic mass is 79.9. The van der Waals surface area contributed by atoms with Crippen molar-refractivity contribution in [3.8, 4) is 5.75 Å². The summed E-state index contributed by atoms with van der Waals surface area (Å²) >= 11 is 2.79. The van der Waals surface area contributed by atoms with E-state index in [2.05, 4.69) is 15.9 Å². The average molecular weight is 280 g/mol. The van der Waals surface area contributed by atoms with Crippen LogP contribution in [0.15, 0.2) is 10.5 Å². The Hall–Kier alpha value is -0.680. The highest BCUT2D eigenvalue weighted by Crippen LogP contribution is 2.35. The first-order valence-corrected chi connectivity index (χ1v) is 5.34. The SMILES string of the molecule is CC(CCN)c1c(O)cc(F)c(Br)c1F. The first kappa shape index (κ1) is 12.4. The van der Waals surface area contributed by atoms with E-state index in [4.69, 9.17) is 5.73 Å². The Morgan fingerprint density at radius 3 is 2.67 bits per heavy atom. The van der Waals surface area contributed by atoms with E-state index in [9.17, 15) is 13.9 Å². The lowest BCUT2D eigenvalue weighted by Gasteiger charge is -2.14. The molecule has 1 aromatic carbocycles. The molecule has 0 aliphatic heterocycles. The summed E-state index contributed by atoms with van der Waals surface area (Å²) in [6.07, 6.45) is 0.530. The molecule has 0 aromatic heterocycles. The van der Waals surface area contributed by atoms with Crippen LogP contribution in [-0.4, -0.2) is 11.7 Å². The first-order chi connectivity index (χ1) is 6.99. The predicted octanol–water partition coefficient (Wildman–Crippen LogP) is 2.89. The fourth-order valence-corrected chi connectivity index (χ4v) is 1.79. The van der Waals surface area contributed by atoms with Crippen molar-refractivity contribution in [2.75, 3.05) is 6.54 Å². The number of aromatic hydroxyl groups is 1. The second-order valence-corrected chi connectivity index (χ2v) is 4.19. The van der Waals surface area contributed by atoms with E-state index in [0.29, 0.717) is 13.0 Å². The molecule has 5 heteroatoms. The predicted molar refractivity (Wildman–Crippen MR) is 57.8 cm³/mol. The minimum atomic E-state index is -0.811. The number of benzene rings is 1. The number of hydrogen-bond donors (Lipinski definition) is 2. The van der Waals surface area contributed by atoms with Gasteiger partial charge in [-0.15, -0.1) is 0 Å². The molecular formula is C10H12BrF2NO. The summed E-state index contributed by atoms with van der Waals surface area (Å²) in [5.41, 5.74) is 5.45. The van der Waals surface area contributed by atoms with Gasteiger partial charge in [0.1, 0.15) is 17.4 Å². The molecule has 84 valence electrons. The van der Waals surface area contributed by atoms with E-state index in [-0.39, 0.29) is 21.7 Å². The lowest BCUT2D eigenvalue weighted by Crippen LogP contribution is -2.07. The van der Waals surface area contributed by atoms with Gasteiger partial charge in [-0.3, -0.25) is 0 Å². The number of rotatable bonds is 3. The van der Waals surface area contributed by atoms with Crippen LogP contribution >= 0.6 is 15.9 Å². The van der Waals surface area contributed by atoms with Crippen LogP contribution in [0.25, 0.3) is 0 Å². The second-order valence-electron chi connectivity index (χ2n) is 3.40. The summed E-state index contributed by atoms with van der Waals surface area (Å²) in [6, 6.07) is 0.898. The third-order valence-corrected chi connectivity index (χ3v) is 3.00. The van der Waals surface area contributed by atoms with Gasteiger partial charge in [-0.05, 0) is 34.8 Å². The van der Waals surface area contributed by atoms with Gasteiger partial charge >= 0.3 is 0 Å². The van der Waals surface area contributed by atoms with Crippen molar-refractivity contribution < 1.29 is 13.9 Å². The molecule has 1 aromatic rings. The summed E-state index contributed by atoms with van der Waals surface area (Å²) in [5.74, 6) is -2.18. The zero-order chi connectivity index (χ0) is 11.6. The Balaban J connectivity index is 3.23. The van der Waals surface area contributed by atoms with Crippen LogP contribution in [-0.2, 0) is 0 Å². The minimum Gasteiger partial charge on any atom is -0.507 e. The summed E-state index contributed by atoms with van der Waals surface area (Å²) in [7, 11) is 0. The molecule has 0 aliphatic rings. The fraction of sp³-hybridized carbons (Fsp3) is 0.400. The molecule has 0 radical (unpaired) electrons. The average Bonchev–Trinajstić information content (AvgIpc) is 2.15. The third-order valence-electron chi connectivity index (χ3n) is 2.27. The zero-order valence-corrected chi connectivity index (χ0v) is 9.81. The first-order valence-electron chi connectivity index (χ1n) is 4.55. The highest BCUT2D eigenvalue weighted by molar-refractivity contribution is 9.10. The van der Waals surface area contributed by atoms with Gasteiger partial charge in [0.25, 0.3) is 0 Å². The van der Waals surface area contributed by atoms with Gasteiger partial charge in [0.2, 0.25) is 0 Å². The number of halogens is 3. The maximum atomic E-state index is 13.6. The normalized spacial score (nSPS) is 12.9. The summed E-state index contributed by atoms with van der Waals surface area (Å²) < 4.78 is 26.4. The summed E-state index contributed by atoms with van der Waals surface area (Å²) in [4.78, 5) is 0. The number of nitrogens with two attached hydrogens (primary N) is 1. The Bertz CT molecular complexity index is 371. The van der Waals surface area contributed by atoms with Crippen LogP contribution in [0.4, 0.5) is 8.78 Å². The smallest absolute Gasteiger partial charge is 0.147 e. The van der Waals surface area contributed by atoms with E-state index < -0.39 is 11.6 Å². The van der Waals surface area contributed by atoms with Crippen molar-refractivity contribution >= 4 is 15.9 Å². The van der Waals surface area contributed by atoms with Gasteiger partial charge in [0, 0.05) is 11.6 Å². The molecule has 2 nitrogen and oxygen atoms in total. The van der Waals surface area contributed by atoms with Gasteiger partial charge in [-0.25, -0.2) is 8.78 Å². The molecule has 0 saturated carbocycles. The van der Waals surface area contributed by atoms with Crippen molar-refractivity contribution in [3.63, 3.8) is 0 Å². The molecule has 0 bridgehead atoms. The van der Waals surface area contributed by atoms with Crippen LogP contribution in [0.1, 0.15) is 24.8 Å². The van der Waals surface area contributed by atoms with E-state index in [1.54, 1.807) is 6.92 Å². The highest BCUT2D eigenvalue weighted by Gasteiger charge is 2.20. The quantitative estimate of drug-likeness (QED) is 0.836. The Morgan fingerprint density at radius 1 is 1.53 bits per heavy atom. The number of phenolic OH excluding ortho intramolecular Hbond substituents is 1. The lowest BCUT2D eigenvalue weighted by molar-refractivity contribution is 0.437. The van der Waals surface area contributed by atoms with Crippen LogP contribution in [0.5, 0.6) is 5.75 Å². The van der Waals surface area contributed by atoms with Crippen LogP contribution in [0, 0.1) is 11.6 Å². The van der Waals surface area contributed by atoms with Crippen molar-refractivity contribution in [3.05, 3.63) is 27.7 Å². The molecule has 1 atom stereocenters. The van der Waals surface area contributed by atoms with E-state index >= 15 is 0 Å². The Morgan fingerprint density at radius 2 is 2.13 bits per heavy atom. The lowest BCUT2D eigenvalue weighted by atomic mass is 9.96. The minimum absolute atomic E-state index is 0.105. The van der Waals surface area contributed by atoms with Crippen LogP contribution in [0.2, 0.25) is 0 Å². The van der Waals surface area contributed by atoms with Gasteiger partial charge in [0.15, 0.2) is 0 Å². The topological polar surface area (TPSA) is 46.2 Å². The molecule has 0 heterocycles. The molecule has 0 fully saturated rings. The molecule has 0 spiro atoms. The maximum absolute atomic E-state index is 13.6. The molecule has 3 N–H and O–H groups in total. The molecule has 15 heavy (non-hydrogen) atoms. The molecule has 1 rings (SSSR count). The van der Waals surface area contributed by atoms with E-state index in [1.807, 2.05) is 0 Å².